The summed E-state index contributed by atoms with van der Waals surface area (Å²) in [5, 5.41) is 1.15. The predicted molar refractivity (Wildman–Crippen MR) is 83.4 cm³/mol. The van der Waals surface area contributed by atoms with Crippen molar-refractivity contribution in [2.45, 2.75) is 6.42 Å². The molecule has 0 saturated carbocycles. The lowest BCUT2D eigenvalue weighted by Crippen LogP contribution is -2.05. The van der Waals surface area contributed by atoms with E-state index < -0.39 is 5.97 Å². The highest BCUT2D eigenvalue weighted by Crippen LogP contribution is 2.26. The Morgan fingerprint density at radius 3 is 2.67 bits per heavy atom. The number of hydrogen-bond acceptors (Lipinski definition) is 3. The number of hydrogen-bond donors (Lipinski definition) is 0. The van der Waals surface area contributed by atoms with Gasteiger partial charge in [-0.25, -0.2) is 4.79 Å². The molecule has 0 aromatic heterocycles. The van der Waals surface area contributed by atoms with Crippen molar-refractivity contribution in [3.63, 3.8) is 0 Å². The zero-order chi connectivity index (χ0) is 15.2. The number of ether oxygens (including phenoxy) is 2. The van der Waals surface area contributed by atoms with Crippen LogP contribution in [0.3, 0.4) is 0 Å². The van der Waals surface area contributed by atoms with E-state index in [-0.39, 0.29) is 0 Å². The monoisotopic (exact) mass is 324 g/mol. The molecule has 0 N–H and O–H groups in total. The SMILES string of the molecule is COC(=O)c1ccc(Cl)c(OCCc2cccc(Cl)c2)c1. The first-order valence-corrected chi connectivity index (χ1v) is 7.11. The molecule has 0 fully saturated rings. The molecule has 0 saturated heterocycles. The summed E-state index contributed by atoms with van der Waals surface area (Å²) in [6.07, 6.45) is 0.694. The highest BCUT2D eigenvalue weighted by Gasteiger charge is 2.09. The van der Waals surface area contributed by atoms with Gasteiger partial charge in [0.1, 0.15) is 5.75 Å². The van der Waals surface area contributed by atoms with E-state index in [9.17, 15) is 4.79 Å². The first-order chi connectivity index (χ1) is 10.1. The van der Waals surface area contributed by atoms with E-state index in [1.165, 1.54) is 7.11 Å². The summed E-state index contributed by atoms with van der Waals surface area (Å²) in [5.41, 5.74) is 1.47. The molecule has 2 aromatic rings. The topological polar surface area (TPSA) is 35.5 Å². The van der Waals surface area contributed by atoms with Crippen LogP contribution in [0.5, 0.6) is 5.75 Å². The summed E-state index contributed by atoms with van der Waals surface area (Å²) in [6.45, 7) is 0.435. The predicted octanol–water partition coefficient (Wildman–Crippen LogP) is 4.40. The maximum Gasteiger partial charge on any atom is 0.337 e. The third kappa shape index (κ3) is 4.38. The highest BCUT2D eigenvalue weighted by molar-refractivity contribution is 6.32. The van der Waals surface area contributed by atoms with Crippen LogP contribution in [-0.2, 0) is 11.2 Å². The third-order valence-corrected chi connectivity index (χ3v) is 3.44. The van der Waals surface area contributed by atoms with E-state index in [0.717, 1.165) is 5.56 Å². The van der Waals surface area contributed by atoms with Crippen molar-refractivity contribution in [3.05, 3.63) is 63.6 Å². The number of rotatable bonds is 5. The van der Waals surface area contributed by atoms with E-state index in [4.69, 9.17) is 27.9 Å². The maximum atomic E-state index is 11.5. The Bertz CT molecular complexity index is 641. The first-order valence-electron chi connectivity index (χ1n) is 6.35. The molecule has 21 heavy (non-hydrogen) atoms. The minimum atomic E-state index is -0.425. The van der Waals surface area contributed by atoms with Gasteiger partial charge in [0.25, 0.3) is 0 Å². The number of carbonyl (C=O) groups is 1. The summed E-state index contributed by atoms with van der Waals surface area (Å²) in [4.78, 5) is 11.5. The van der Waals surface area contributed by atoms with Crippen molar-refractivity contribution in [1.29, 1.82) is 0 Å². The van der Waals surface area contributed by atoms with Crippen molar-refractivity contribution in [3.8, 4) is 5.75 Å². The van der Waals surface area contributed by atoms with E-state index in [1.807, 2.05) is 24.3 Å². The lowest BCUT2D eigenvalue weighted by molar-refractivity contribution is 0.0600. The van der Waals surface area contributed by atoms with E-state index in [2.05, 4.69) is 4.74 Å². The molecule has 0 aliphatic rings. The molecule has 5 heteroatoms. The molecule has 0 amide bonds. The van der Waals surface area contributed by atoms with Crippen LogP contribution >= 0.6 is 23.2 Å². The second-order valence-electron chi connectivity index (χ2n) is 4.37. The molecule has 110 valence electrons. The van der Waals surface area contributed by atoms with Crippen LogP contribution in [0.15, 0.2) is 42.5 Å². The Morgan fingerprint density at radius 1 is 1.14 bits per heavy atom. The van der Waals surface area contributed by atoms with Gasteiger partial charge >= 0.3 is 5.97 Å². The van der Waals surface area contributed by atoms with E-state index in [0.29, 0.717) is 34.4 Å². The molecule has 0 heterocycles. The summed E-state index contributed by atoms with van der Waals surface area (Å²) in [7, 11) is 1.33. The molecule has 0 unspecified atom stereocenters. The van der Waals surface area contributed by atoms with Gasteiger partial charge in [-0.1, -0.05) is 35.3 Å². The standard InChI is InChI=1S/C16H14Cl2O3/c1-20-16(19)12-5-6-14(18)15(10-12)21-8-7-11-3-2-4-13(17)9-11/h2-6,9-10H,7-8H2,1H3. The minimum Gasteiger partial charge on any atom is -0.492 e. The molecular weight excluding hydrogens is 311 g/mol. The summed E-state index contributed by atoms with van der Waals surface area (Å²) in [5.74, 6) is 0.0351. The van der Waals surface area contributed by atoms with Gasteiger partial charge in [-0.15, -0.1) is 0 Å². The zero-order valence-electron chi connectivity index (χ0n) is 11.4. The van der Waals surface area contributed by atoms with Gasteiger partial charge in [-0.05, 0) is 35.9 Å². The molecular formula is C16H14Cl2O3. The Morgan fingerprint density at radius 2 is 1.95 bits per heavy atom. The molecule has 0 aliphatic heterocycles. The third-order valence-electron chi connectivity index (χ3n) is 2.89. The molecule has 2 aromatic carbocycles. The summed E-state index contributed by atoms with van der Waals surface area (Å²) >= 11 is 12.0. The number of halogens is 2. The normalized spacial score (nSPS) is 10.2. The van der Waals surface area contributed by atoms with Gasteiger partial charge in [0, 0.05) is 11.4 Å². The average molecular weight is 325 g/mol. The zero-order valence-corrected chi connectivity index (χ0v) is 12.9. The lowest BCUT2D eigenvalue weighted by atomic mass is 10.2. The van der Waals surface area contributed by atoms with Gasteiger partial charge < -0.3 is 9.47 Å². The van der Waals surface area contributed by atoms with E-state index in [1.54, 1.807) is 18.2 Å². The molecule has 0 radical (unpaired) electrons. The lowest BCUT2D eigenvalue weighted by Gasteiger charge is -2.09. The Kier molecular flexibility index (Phi) is 5.48. The second-order valence-corrected chi connectivity index (χ2v) is 5.21. The Labute approximate surface area is 133 Å². The first kappa shape index (κ1) is 15.7. The Hall–Kier alpha value is -1.71. The molecule has 0 aliphatic carbocycles. The van der Waals surface area contributed by atoms with Crippen LogP contribution in [-0.4, -0.2) is 19.7 Å². The molecule has 0 bridgehead atoms. The number of methoxy groups -OCH3 is 1. The van der Waals surface area contributed by atoms with Gasteiger partial charge in [0.15, 0.2) is 0 Å². The van der Waals surface area contributed by atoms with Gasteiger partial charge in [0.2, 0.25) is 0 Å². The fourth-order valence-electron chi connectivity index (χ4n) is 1.83. The van der Waals surface area contributed by atoms with Crippen LogP contribution in [0.1, 0.15) is 15.9 Å². The van der Waals surface area contributed by atoms with Crippen molar-refractivity contribution >= 4 is 29.2 Å². The number of esters is 1. The molecule has 0 atom stereocenters. The Balaban J connectivity index is 2.01. The van der Waals surface area contributed by atoms with Crippen LogP contribution in [0, 0.1) is 0 Å². The fourth-order valence-corrected chi connectivity index (χ4v) is 2.22. The quantitative estimate of drug-likeness (QED) is 0.764. The molecule has 0 spiro atoms. The maximum absolute atomic E-state index is 11.5. The molecule has 3 nitrogen and oxygen atoms in total. The number of carbonyl (C=O) groups excluding carboxylic acids is 1. The van der Waals surface area contributed by atoms with Crippen LogP contribution < -0.4 is 4.74 Å². The van der Waals surface area contributed by atoms with Gasteiger partial charge in [-0.3, -0.25) is 0 Å². The summed E-state index contributed by atoms with van der Waals surface area (Å²) < 4.78 is 10.3. The van der Waals surface area contributed by atoms with E-state index >= 15 is 0 Å². The van der Waals surface area contributed by atoms with Crippen molar-refractivity contribution < 1.29 is 14.3 Å². The fraction of sp³-hybridized carbons (Fsp3) is 0.188. The van der Waals surface area contributed by atoms with Crippen molar-refractivity contribution in [2.75, 3.05) is 13.7 Å². The number of benzene rings is 2. The average Bonchev–Trinajstić information content (AvgIpc) is 2.48. The second kappa shape index (κ2) is 7.34. The summed E-state index contributed by atoms with van der Waals surface area (Å²) in [6, 6.07) is 12.4. The van der Waals surface area contributed by atoms with Crippen LogP contribution in [0.2, 0.25) is 10.0 Å². The molecule has 2 rings (SSSR count). The largest absolute Gasteiger partial charge is 0.492 e. The van der Waals surface area contributed by atoms with Gasteiger partial charge in [-0.2, -0.15) is 0 Å². The minimum absolute atomic E-state index is 0.402. The van der Waals surface area contributed by atoms with Crippen molar-refractivity contribution in [1.82, 2.24) is 0 Å². The van der Waals surface area contributed by atoms with Crippen LogP contribution in [0.25, 0.3) is 0 Å². The van der Waals surface area contributed by atoms with Crippen LogP contribution in [0.4, 0.5) is 0 Å². The van der Waals surface area contributed by atoms with Crippen molar-refractivity contribution in [2.24, 2.45) is 0 Å². The van der Waals surface area contributed by atoms with Gasteiger partial charge in [0.05, 0.1) is 24.3 Å². The highest BCUT2D eigenvalue weighted by atomic mass is 35.5. The smallest absolute Gasteiger partial charge is 0.337 e.